The summed E-state index contributed by atoms with van der Waals surface area (Å²) in [5.74, 6) is 1.60. The fourth-order valence-electron chi connectivity index (χ4n) is 3.12. The van der Waals surface area contributed by atoms with Gasteiger partial charge in [0.05, 0.1) is 0 Å². The molecule has 1 fully saturated rings. The lowest BCUT2D eigenvalue weighted by Crippen LogP contribution is -2.45. The van der Waals surface area contributed by atoms with E-state index in [0.29, 0.717) is 11.5 Å². The Hall–Kier alpha value is -0.0800. The lowest BCUT2D eigenvalue weighted by molar-refractivity contribution is 0.141. The molecule has 0 aliphatic heterocycles. The van der Waals surface area contributed by atoms with Crippen LogP contribution in [0.1, 0.15) is 66.7 Å². The molecule has 1 rings (SSSR count). The van der Waals surface area contributed by atoms with Crippen molar-refractivity contribution < 1.29 is 0 Å². The van der Waals surface area contributed by atoms with E-state index in [1.165, 1.54) is 51.7 Å². The second-order valence-electron chi connectivity index (χ2n) is 7.79. The molecule has 19 heavy (non-hydrogen) atoms. The number of nitrogens with zero attached hydrogens (tertiary/aromatic N) is 1. The highest BCUT2D eigenvalue weighted by atomic mass is 15.1. The van der Waals surface area contributed by atoms with E-state index in [2.05, 4.69) is 39.5 Å². The van der Waals surface area contributed by atoms with Gasteiger partial charge in [0.2, 0.25) is 0 Å². The van der Waals surface area contributed by atoms with E-state index in [1.807, 2.05) is 0 Å². The third-order valence-corrected chi connectivity index (χ3v) is 4.79. The van der Waals surface area contributed by atoms with Gasteiger partial charge in [0.1, 0.15) is 0 Å². The molecule has 2 N–H and O–H groups in total. The van der Waals surface area contributed by atoms with Crippen LogP contribution in [0.25, 0.3) is 0 Å². The third kappa shape index (κ3) is 5.83. The van der Waals surface area contributed by atoms with Gasteiger partial charge in [0.25, 0.3) is 0 Å². The molecule has 0 amide bonds. The number of hydrogen-bond donors (Lipinski definition) is 1. The fourth-order valence-corrected chi connectivity index (χ4v) is 3.12. The molecule has 1 saturated carbocycles. The van der Waals surface area contributed by atoms with E-state index in [1.54, 1.807) is 0 Å². The zero-order valence-electron chi connectivity index (χ0n) is 13.9. The lowest BCUT2D eigenvalue weighted by atomic mass is 9.84. The Morgan fingerprint density at radius 1 is 1.11 bits per heavy atom. The highest BCUT2D eigenvalue weighted by molar-refractivity contribution is 4.93. The van der Waals surface area contributed by atoms with Crippen molar-refractivity contribution in [1.82, 2.24) is 4.90 Å². The maximum Gasteiger partial charge on any atom is 0.0105 e. The van der Waals surface area contributed by atoms with E-state index in [9.17, 15) is 0 Å². The van der Waals surface area contributed by atoms with Gasteiger partial charge < -0.3 is 10.6 Å². The Bertz CT molecular complexity index is 238. The van der Waals surface area contributed by atoms with Crippen LogP contribution < -0.4 is 5.73 Å². The molecule has 2 unspecified atom stereocenters. The van der Waals surface area contributed by atoms with Crippen LogP contribution in [-0.4, -0.2) is 30.6 Å². The van der Waals surface area contributed by atoms with Crippen molar-refractivity contribution in [3.8, 4) is 0 Å². The summed E-state index contributed by atoms with van der Waals surface area (Å²) in [6.07, 6.45) is 6.47. The molecule has 2 atom stereocenters. The summed E-state index contributed by atoms with van der Waals surface area (Å²) in [6, 6.07) is 0.410. The molecule has 114 valence electrons. The molecule has 1 aliphatic rings. The van der Waals surface area contributed by atoms with Crippen molar-refractivity contribution in [3.63, 3.8) is 0 Å². The van der Waals surface area contributed by atoms with E-state index < -0.39 is 0 Å². The highest BCUT2D eigenvalue weighted by Crippen LogP contribution is 2.37. The van der Waals surface area contributed by atoms with Crippen molar-refractivity contribution in [2.75, 3.05) is 19.6 Å². The Morgan fingerprint density at radius 2 is 1.63 bits per heavy atom. The summed E-state index contributed by atoms with van der Waals surface area (Å²) in [6.45, 7) is 15.4. The largest absolute Gasteiger partial charge is 0.327 e. The topological polar surface area (TPSA) is 29.3 Å². The molecule has 0 spiro atoms. The average molecular weight is 268 g/mol. The van der Waals surface area contributed by atoms with Gasteiger partial charge in [-0.2, -0.15) is 0 Å². The summed E-state index contributed by atoms with van der Waals surface area (Å²) < 4.78 is 0. The van der Waals surface area contributed by atoms with E-state index in [-0.39, 0.29) is 0 Å². The van der Waals surface area contributed by atoms with Crippen LogP contribution in [0, 0.1) is 17.3 Å². The number of rotatable bonds is 8. The predicted octanol–water partition coefficient (Wildman–Crippen LogP) is 3.90. The Kier molecular flexibility index (Phi) is 6.82. The second kappa shape index (κ2) is 7.64. The molecule has 0 saturated heterocycles. The van der Waals surface area contributed by atoms with Gasteiger partial charge in [0, 0.05) is 12.6 Å². The van der Waals surface area contributed by atoms with E-state index in [4.69, 9.17) is 5.73 Å². The van der Waals surface area contributed by atoms with Crippen molar-refractivity contribution in [2.45, 2.75) is 72.8 Å². The maximum absolute atomic E-state index is 6.35. The smallest absolute Gasteiger partial charge is 0.0105 e. The molecule has 2 nitrogen and oxygen atoms in total. The van der Waals surface area contributed by atoms with E-state index >= 15 is 0 Å². The molecule has 0 aromatic rings. The van der Waals surface area contributed by atoms with Gasteiger partial charge in [-0.05, 0) is 56.0 Å². The first kappa shape index (κ1) is 17.0. The van der Waals surface area contributed by atoms with Gasteiger partial charge >= 0.3 is 0 Å². The van der Waals surface area contributed by atoms with Gasteiger partial charge in [-0.1, -0.05) is 41.0 Å². The molecular weight excluding hydrogens is 232 g/mol. The lowest BCUT2D eigenvalue weighted by Gasteiger charge is -2.36. The number of hydrogen-bond acceptors (Lipinski definition) is 2. The molecular formula is C17H36N2. The third-order valence-electron chi connectivity index (χ3n) is 4.79. The molecule has 0 aromatic carbocycles. The average Bonchev–Trinajstić information content (AvgIpc) is 2.63. The SMILES string of the molecule is CC(C)CCN(CCC(C)C)CC1(C)CCCC1N. The minimum Gasteiger partial charge on any atom is -0.327 e. The Labute approximate surface area is 121 Å². The van der Waals surface area contributed by atoms with Crippen LogP contribution in [0.5, 0.6) is 0 Å². The Balaban J connectivity index is 2.51. The van der Waals surface area contributed by atoms with Crippen LogP contribution in [0.3, 0.4) is 0 Å². The van der Waals surface area contributed by atoms with Crippen molar-refractivity contribution in [1.29, 1.82) is 0 Å². The van der Waals surface area contributed by atoms with Gasteiger partial charge in [0.15, 0.2) is 0 Å². The van der Waals surface area contributed by atoms with Crippen LogP contribution in [-0.2, 0) is 0 Å². The molecule has 2 heteroatoms. The molecule has 0 bridgehead atoms. The minimum absolute atomic E-state index is 0.355. The van der Waals surface area contributed by atoms with Gasteiger partial charge in [-0.3, -0.25) is 0 Å². The zero-order chi connectivity index (χ0) is 14.5. The minimum atomic E-state index is 0.355. The fraction of sp³-hybridized carbons (Fsp3) is 1.00. The van der Waals surface area contributed by atoms with Crippen molar-refractivity contribution in [3.05, 3.63) is 0 Å². The second-order valence-corrected chi connectivity index (χ2v) is 7.79. The summed E-state index contributed by atoms with van der Waals surface area (Å²) in [5.41, 5.74) is 6.70. The summed E-state index contributed by atoms with van der Waals surface area (Å²) in [7, 11) is 0. The summed E-state index contributed by atoms with van der Waals surface area (Å²) in [5, 5.41) is 0. The first-order chi connectivity index (χ1) is 8.83. The van der Waals surface area contributed by atoms with Crippen LogP contribution in [0.15, 0.2) is 0 Å². The van der Waals surface area contributed by atoms with Crippen molar-refractivity contribution in [2.24, 2.45) is 23.0 Å². The molecule has 0 radical (unpaired) electrons. The Morgan fingerprint density at radius 3 is 2.00 bits per heavy atom. The van der Waals surface area contributed by atoms with Gasteiger partial charge in [-0.15, -0.1) is 0 Å². The maximum atomic E-state index is 6.35. The molecule has 1 aliphatic carbocycles. The standard InChI is InChI=1S/C17H36N2/c1-14(2)8-11-19(12-9-15(3)4)13-17(5)10-6-7-16(17)18/h14-16H,6-13,18H2,1-5H3. The zero-order valence-corrected chi connectivity index (χ0v) is 13.9. The van der Waals surface area contributed by atoms with Crippen LogP contribution in [0.4, 0.5) is 0 Å². The van der Waals surface area contributed by atoms with Gasteiger partial charge in [-0.25, -0.2) is 0 Å². The summed E-state index contributed by atoms with van der Waals surface area (Å²) >= 11 is 0. The quantitative estimate of drug-likeness (QED) is 0.723. The number of nitrogens with two attached hydrogens (primary N) is 1. The first-order valence-electron chi connectivity index (χ1n) is 8.31. The predicted molar refractivity (Wildman–Crippen MR) is 85.3 cm³/mol. The van der Waals surface area contributed by atoms with Crippen molar-refractivity contribution >= 4 is 0 Å². The van der Waals surface area contributed by atoms with E-state index in [0.717, 1.165) is 11.8 Å². The molecule has 0 aromatic heterocycles. The monoisotopic (exact) mass is 268 g/mol. The normalized spacial score (nSPS) is 27.9. The first-order valence-corrected chi connectivity index (χ1v) is 8.31. The van der Waals surface area contributed by atoms with Crippen LogP contribution in [0.2, 0.25) is 0 Å². The highest BCUT2D eigenvalue weighted by Gasteiger charge is 2.37. The van der Waals surface area contributed by atoms with Crippen LogP contribution >= 0.6 is 0 Å². The summed E-state index contributed by atoms with van der Waals surface area (Å²) in [4.78, 5) is 2.69. The molecule has 0 heterocycles.